The van der Waals surface area contributed by atoms with Crippen molar-refractivity contribution in [2.24, 2.45) is 5.92 Å². The predicted molar refractivity (Wildman–Crippen MR) is 110 cm³/mol. The fraction of sp³-hybridized carbons (Fsp3) is 0.524. The lowest BCUT2D eigenvalue weighted by atomic mass is 9.75. The summed E-state index contributed by atoms with van der Waals surface area (Å²) in [7, 11) is 3.90. The molecule has 0 spiro atoms. The number of carbonyl (C=O) groups excluding carboxylic acids is 1. The number of nitrogens with zero attached hydrogens (tertiary/aromatic N) is 3. The summed E-state index contributed by atoms with van der Waals surface area (Å²) < 4.78 is 42.3. The van der Waals surface area contributed by atoms with Crippen LogP contribution in [0.1, 0.15) is 48.7 Å². The zero-order valence-corrected chi connectivity index (χ0v) is 18.0. The molecule has 0 saturated heterocycles. The summed E-state index contributed by atoms with van der Waals surface area (Å²) in [6, 6.07) is 5.81. The third-order valence-electron chi connectivity index (χ3n) is 5.95. The van der Waals surface area contributed by atoms with Crippen molar-refractivity contribution in [3.63, 3.8) is 0 Å². The van der Waals surface area contributed by atoms with E-state index in [-0.39, 0.29) is 17.8 Å². The fourth-order valence-electron chi connectivity index (χ4n) is 4.26. The highest BCUT2D eigenvalue weighted by Crippen LogP contribution is 2.36. The number of hydrogen-bond acceptors (Lipinski definition) is 3. The summed E-state index contributed by atoms with van der Waals surface area (Å²) in [4.78, 5) is 14.9. The summed E-state index contributed by atoms with van der Waals surface area (Å²) in [6.45, 7) is 2.45. The minimum atomic E-state index is -4.75. The molecule has 1 aliphatic rings. The number of hydrogen-bond donors (Lipinski definition) is 1. The van der Waals surface area contributed by atoms with Crippen LogP contribution in [0.3, 0.4) is 0 Å². The normalized spacial score (nSPS) is 22.3. The zero-order chi connectivity index (χ0) is 22.1. The number of carbonyl (C=O) groups is 1. The molecule has 0 unspecified atom stereocenters. The molecule has 1 aromatic heterocycles. The third-order valence-corrected chi connectivity index (χ3v) is 6.20. The zero-order valence-electron chi connectivity index (χ0n) is 17.3. The summed E-state index contributed by atoms with van der Waals surface area (Å²) >= 11 is 5.83. The van der Waals surface area contributed by atoms with Gasteiger partial charge in [-0.05, 0) is 57.1 Å². The van der Waals surface area contributed by atoms with Crippen LogP contribution in [0.25, 0.3) is 5.69 Å². The van der Waals surface area contributed by atoms with E-state index in [2.05, 4.69) is 22.2 Å². The van der Waals surface area contributed by atoms with E-state index in [0.717, 1.165) is 36.6 Å². The predicted octanol–water partition coefficient (Wildman–Crippen LogP) is 4.78. The molecule has 164 valence electrons. The van der Waals surface area contributed by atoms with Crippen molar-refractivity contribution in [2.45, 2.75) is 44.3 Å². The van der Waals surface area contributed by atoms with Crippen molar-refractivity contribution in [3.8, 4) is 5.69 Å². The van der Waals surface area contributed by atoms with Gasteiger partial charge in [-0.3, -0.25) is 4.79 Å². The molecule has 2 aromatic rings. The van der Waals surface area contributed by atoms with Crippen molar-refractivity contribution < 1.29 is 18.0 Å². The number of nitrogens with one attached hydrogen (secondary N) is 1. The van der Waals surface area contributed by atoms with Gasteiger partial charge in [-0.15, -0.1) is 0 Å². The highest BCUT2D eigenvalue weighted by Gasteiger charge is 2.42. The molecule has 1 aromatic carbocycles. The SMILES string of the molecule is C[C@H]1CCC[C@](CNC(=O)c2cnn(-c3ccc(Cl)cc3)c2C(F)(F)F)(N(C)C)C1. The topological polar surface area (TPSA) is 50.2 Å². The minimum Gasteiger partial charge on any atom is -0.350 e. The van der Waals surface area contributed by atoms with E-state index in [9.17, 15) is 18.0 Å². The number of halogens is 4. The Bertz CT molecular complexity index is 895. The van der Waals surface area contributed by atoms with Crippen LogP contribution >= 0.6 is 11.6 Å². The summed E-state index contributed by atoms with van der Waals surface area (Å²) in [6.07, 6.45) is 0.143. The van der Waals surface area contributed by atoms with E-state index in [0.29, 0.717) is 10.9 Å². The maximum absolute atomic E-state index is 13.8. The van der Waals surface area contributed by atoms with Gasteiger partial charge in [0.1, 0.15) is 0 Å². The fourth-order valence-corrected chi connectivity index (χ4v) is 4.39. The molecule has 1 fully saturated rings. The van der Waals surface area contributed by atoms with Crippen LogP contribution in [-0.4, -0.2) is 46.8 Å². The lowest BCUT2D eigenvalue weighted by Gasteiger charge is -2.45. The van der Waals surface area contributed by atoms with Crippen molar-refractivity contribution in [1.82, 2.24) is 20.0 Å². The second kappa shape index (κ2) is 8.59. The number of aromatic nitrogens is 2. The van der Waals surface area contributed by atoms with Crippen LogP contribution in [0.15, 0.2) is 30.5 Å². The molecular formula is C21H26ClF3N4O. The third kappa shape index (κ3) is 4.64. The van der Waals surface area contributed by atoms with Gasteiger partial charge in [0.25, 0.3) is 5.91 Å². The van der Waals surface area contributed by atoms with E-state index in [1.54, 1.807) is 0 Å². The van der Waals surface area contributed by atoms with Gasteiger partial charge in [0.05, 0.1) is 17.4 Å². The van der Waals surface area contributed by atoms with Crippen LogP contribution in [0, 0.1) is 5.92 Å². The van der Waals surface area contributed by atoms with Gasteiger partial charge >= 0.3 is 6.18 Å². The van der Waals surface area contributed by atoms with Crippen molar-refractivity contribution >= 4 is 17.5 Å². The van der Waals surface area contributed by atoms with Crippen LogP contribution in [0.5, 0.6) is 0 Å². The van der Waals surface area contributed by atoms with Crippen LogP contribution in [-0.2, 0) is 6.18 Å². The maximum Gasteiger partial charge on any atom is 0.434 e. The maximum atomic E-state index is 13.8. The Balaban J connectivity index is 1.88. The standard InChI is InChI=1S/C21H26ClF3N4O/c1-14-5-4-10-20(11-14,28(2)3)13-26-19(30)17-12-27-29(18(17)21(23,24)25)16-8-6-15(22)7-9-16/h6-9,12,14H,4-5,10-11,13H2,1-3H3,(H,26,30)/t14-,20-/m0/s1. The number of alkyl halides is 3. The second-order valence-electron chi connectivity index (χ2n) is 8.30. The summed E-state index contributed by atoms with van der Waals surface area (Å²) in [5.41, 5.74) is -1.68. The molecular weight excluding hydrogens is 417 g/mol. The summed E-state index contributed by atoms with van der Waals surface area (Å²) in [5, 5.41) is 6.98. The Morgan fingerprint density at radius 3 is 2.57 bits per heavy atom. The Morgan fingerprint density at radius 2 is 2.00 bits per heavy atom. The number of likely N-dealkylation sites (N-methyl/N-ethyl adjacent to an activating group) is 1. The van der Waals surface area contributed by atoms with E-state index in [1.807, 2.05) is 14.1 Å². The average molecular weight is 443 g/mol. The monoisotopic (exact) mass is 442 g/mol. The molecule has 30 heavy (non-hydrogen) atoms. The molecule has 0 aliphatic heterocycles. The Kier molecular flexibility index (Phi) is 6.48. The highest BCUT2D eigenvalue weighted by molar-refractivity contribution is 6.30. The number of benzene rings is 1. The first-order valence-corrected chi connectivity index (χ1v) is 10.3. The molecule has 9 heteroatoms. The van der Waals surface area contributed by atoms with Gasteiger partial charge in [-0.2, -0.15) is 18.3 Å². The molecule has 0 radical (unpaired) electrons. The largest absolute Gasteiger partial charge is 0.434 e. The molecule has 0 bridgehead atoms. The molecule has 3 rings (SSSR count). The lowest BCUT2D eigenvalue weighted by molar-refractivity contribution is -0.143. The van der Waals surface area contributed by atoms with Gasteiger partial charge in [0.2, 0.25) is 0 Å². The highest BCUT2D eigenvalue weighted by atomic mass is 35.5. The van der Waals surface area contributed by atoms with Gasteiger partial charge in [-0.1, -0.05) is 31.4 Å². The lowest BCUT2D eigenvalue weighted by Crippen LogP contribution is -2.55. The molecule has 1 aliphatic carbocycles. The van der Waals surface area contributed by atoms with E-state index >= 15 is 0 Å². The first-order valence-electron chi connectivity index (χ1n) is 9.90. The first kappa shape index (κ1) is 22.6. The Labute approximate surface area is 179 Å². The van der Waals surface area contributed by atoms with Crippen molar-refractivity contribution in [3.05, 3.63) is 46.7 Å². The minimum absolute atomic E-state index is 0.177. The van der Waals surface area contributed by atoms with E-state index < -0.39 is 23.3 Å². The molecule has 1 heterocycles. The molecule has 1 N–H and O–H groups in total. The average Bonchev–Trinajstić information content (AvgIpc) is 3.12. The van der Waals surface area contributed by atoms with Gasteiger partial charge in [0.15, 0.2) is 5.69 Å². The van der Waals surface area contributed by atoms with Crippen LogP contribution < -0.4 is 5.32 Å². The van der Waals surface area contributed by atoms with Crippen LogP contribution in [0.2, 0.25) is 5.02 Å². The quantitative estimate of drug-likeness (QED) is 0.724. The Hall–Kier alpha value is -2.06. The van der Waals surface area contributed by atoms with Gasteiger partial charge in [0, 0.05) is 17.1 Å². The smallest absolute Gasteiger partial charge is 0.350 e. The molecule has 2 atom stereocenters. The molecule has 5 nitrogen and oxygen atoms in total. The van der Waals surface area contributed by atoms with E-state index in [1.165, 1.54) is 24.3 Å². The second-order valence-corrected chi connectivity index (χ2v) is 8.73. The van der Waals surface area contributed by atoms with Gasteiger partial charge < -0.3 is 10.2 Å². The molecule has 1 amide bonds. The van der Waals surface area contributed by atoms with Crippen molar-refractivity contribution in [1.29, 1.82) is 0 Å². The molecule has 1 saturated carbocycles. The van der Waals surface area contributed by atoms with Gasteiger partial charge in [-0.25, -0.2) is 4.68 Å². The summed E-state index contributed by atoms with van der Waals surface area (Å²) in [5.74, 6) is -0.279. The Morgan fingerprint density at radius 1 is 1.33 bits per heavy atom. The van der Waals surface area contributed by atoms with Crippen LogP contribution in [0.4, 0.5) is 13.2 Å². The number of rotatable bonds is 5. The van der Waals surface area contributed by atoms with E-state index in [4.69, 9.17) is 11.6 Å². The first-order chi connectivity index (χ1) is 14.0. The number of amides is 1. The van der Waals surface area contributed by atoms with Crippen molar-refractivity contribution in [2.75, 3.05) is 20.6 Å².